The lowest BCUT2D eigenvalue weighted by Gasteiger charge is -2.07. The van der Waals surface area contributed by atoms with Crippen LogP contribution in [0.2, 0.25) is 0 Å². The molecule has 0 heterocycles. The third kappa shape index (κ3) is 11.6. The van der Waals surface area contributed by atoms with E-state index in [1.807, 2.05) is 45.0 Å². The monoisotopic (exact) mass is 437 g/mol. The molecular weight excluding hydrogens is 402 g/mol. The van der Waals surface area contributed by atoms with Crippen LogP contribution in [0.1, 0.15) is 40.9 Å². The van der Waals surface area contributed by atoms with Crippen LogP contribution < -0.4 is 14.2 Å². The smallest absolute Gasteiger partial charge is 0.174 e. The van der Waals surface area contributed by atoms with Crippen LogP contribution in [0.15, 0.2) is 66.7 Å². The predicted octanol–water partition coefficient (Wildman–Crippen LogP) is 6.83. The van der Waals surface area contributed by atoms with E-state index in [2.05, 4.69) is 38.1 Å². The first-order chi connectivity index (χ1) is 15.4. The lowest BCUT2D eigenvalue weighted by Crippen LogP contribution is -1.93. The minimum absolute atomic E-state index is 0.498. The van der Waals surface area contributed by atoms with Crippen molar-refractivity contribution in [2.24, 2.45) is 0 Å². The predicted molar refractivity (Wildman–Crippen MR) is 133 cm³/mol. The van der Waals surface area contributed by atoms with Crippen LogP contribution in [0.5, 0.6) is 17.2 Å². The molecule has 0 aliphatic carbocycles. The SMILES string of the molecule is CC.COc1ccc(OC=N)c(OC)c1.Cc1ccc(C)cc1.Cc1ccc(C=O)cc1. The van der Waals surface area contributed by atoms with E-state index < -0.39 is 0 Å². The molecular formula is C27H35NO4. The maximum Gasteiger partial charge on any atom is 0.174 e. The van der Waals surface area contributed by atoms with Crippen LogP contribution in [0.3, 0.4) is 0 Å². The van der Waals surface area contributed by atoms with E-state index in [1.54, 1.807) is 25.3 Å². The van der Waals surface area contributed by atoms with Gasteiger partial charge in [-0.3, -0.25) is 10.2 Å². The van der Waals surface area contributed by atoms with Crippen molar-refractivity contribution in [3.63, 3.8) is 0 Å². The Bertz CT molecular complexity index is 883. The highest BCUT2D eigenvalue weighted by Crippen LogP contribution is 2.30. The first-order valence-electron chi connectivity index (χ1n) is 10.4. The summed E-state index contributed by atoms with van der Waals surface area (Å²) < 4.78 is 14.9. The van der Waals surface area contributed by atoms with Crippen molar-refractivity contribution < 1.29 is 19.0 Å². The fourth-order valence-electron chi connectivity index (χ4n) is 2.22. The Morgan fingerprint density at radius 2 is 1.16 bits per heavy atom. The molecule has 0 bridgehead atoms. The highest BCUT2D eigenvalue weighted by atomic mass is 16.5. The molecule has 172 valence electrons. The molecule has 0 aliphatic heterocycles. The summed E-state index contributed by atoms with van der Waals surface area (Å²) >= 11 is 0. The van der Waals surface area contributed by atoms with Gasteiger partial charge in [-0.15, -0.1) is 0 Å². The zero-order chi connectivity index (χ0) is 24.4. The maximum absolute atomic E-state index is 10.1. The quantitative estimate of drug-likeness (QED) is 0.270. The summed E-state index contributed by atoms with van der Waals surface area (Å²) in [5, 5.41) is 6.78. The third-order valence-electron chi connectivity index (χ3n) is 3.99. The van der Waals surface area contributed by atoms with Gasteiger partial charge in [-0.25, -0.2) is 0 Å². The van der Waals surface area contributed by atoms with Gasteiger partial charge < -0.3 is 14.2 Å². The van der Waals surface area contributed by atoms with Gasteiger partial charge >= 0.3 is 0 Å². The van der Waals surface area contributed by atoms with Gasteiger partial charge in [-0.1, -0.05) is 79.1 Å². The van der Waals surface area contributed by atoms with Crippen LogP contribution in [-0.4, -0.2) is 26.9 Å². The van der Waals surface area contributed by atoms with Crippen LogP contribution >= 0.6 is 0 Å². The van der Waals surface area contributed by atoms with Gasteiger partial charge in [0.25, 0.3) is 0 Å². The summed E-state index contributed by atoms with van der Waals surface area (Å²) in [7, 11) is 3.11. The molecule has 0 saturated heterocycles. The number of hydrogen-bond donors (Lipinski definition) is 1. The van der Waals surface area contributed by atoms with Crippen molar-refractivity contribution >= 4 is 12.7 Å². The second-order valence-electron chi connectivity index (χ2n) is 6.44. The number of aryl methyl sites for hydroxylation is 3. The Balaban J connectivity index is 0.000000447. The Hall–Kier alpha value is -3.60. The molecule has 0 amide bonds. The summed E-state index contributed by atoms with van der Waals surface area (Å²) in [5.74, 6) is 1.73. The minimum Gasteiger partial charge on any atom is -0.497 e. The van der Waals surface area contributed by atoms with Crippen molar-refractivity contribution in [2.75, 3.05) is 14.2 Å². The summed E-state index contributed by atoms with van der Waals surface area (Å²) in [4.78, 5) is 10.1. The largest absolute Gasteiger partial charge is 0.497 e. The number of hydrogen-bond acceptors (Lipinski definition) is 5. The number of carbonyl (C=O) groups is 1. The van der Waals surface area contributed by atoms with E-state index >= 15 is 0 Å². The molecule has 32 heavy (non-hydrogen) atoms. The molecule has 0 saturated carbocycles. The molecule has 0 spiro atoms. The summed E-state index contributed by atoms with van der Waals surface area (Å²) in [6, 6.07) is 21.1. The number of carbonyl (C=O) groups excluding carboxylic acids is 1. The molecule has 0 radical (unpaired) electrons. The van der Waals surface area contributed by atoms with Crippen LogP contribution in [-0.2, 0) is 0 Å². The van der Waals surface area contributed by atoms with Crippen molar-refractivity contribution in [3.8, 4) is 17.2 Å². The average molecular weight is 438 g/mol. The highest BCUT2D eigenvalue weighted by Gasteiger charge is 2.04. The van der Waals surface area contributed by atoms with Gasteiger partial charge in [-0.2, -0.15) is 0 Å². The summed E-state index contributed by atoms with van der Waals surface area (Å²) in [6.07, 6.45) is 1.70. The Morgan fingerprint density at radius 1 is 0.688 bits per heavy atom. The first kappa shape index (κ1) is 28.4. The zero-order valence-corrected chi connectivity index (χ0v) is 20.1. The topological polar surface area (TPSA) is 68.6 Å². The van der Waals surface area contributed by atoms with Crippen LogP contribution in [0.4, 0.5) is 0 Å². The molecule has 0 fully saturated rings. The highest BCUT2D eigenvalue weighted by molar-refractivity contribution is 5.74. The van der Waals surface area contributed by atoms with Crippen LogP contribution in [0.25, 0.3) is 0 Å². The lowest BCUT2D eigenvalue weighted by molar-refractivity contribution is 0.112. The Labute approximate surface area is 192 Å². The first-order valence-corrected chi connectivity index (χ1v) is 10.4. The number of methoxy groups -OCH3 is 2. The second-order valence-corrected chi connectivity index (χ2v) is 6.44. The minimum atomic E-state index is 0.498. The molecule has 5 heteroatoms. The molecule has 1 N–H and O–H groups in total. The number of aldehydes is 1. The molecule has 0 atom stereocenters. The molecule has 3 aromatic carbocycles. The van der Waals surface area contributed by atoms with Gasteiger partial charge in [-0.05, 0) is 32.9 Å². The average Bonchev–Trinajstić information content (AvgIpc) is 2.84. The third-order valence-corrected chi connectivity index (χ3v) is 3.99. The van der Waals surface area contributed by atoms with Gasteiger partial charge in [0.1, 0.15) is 12.0 Å². The fraction of sp³-hybridized carbons (Fsp3) is 0.259. The number of ether oxygens (including phenoxy) is 3. The Kier molecular flexibility index (Phi) is 15.2. The van der Waals surface area contributed by atoms with E-state index in [-0.39, 0.29) is 0 Å². The van der Waals surface area contributed by atoms with Crippen molar-refractivity contribution in [1.29, 1.82) is 5.41 Å². The van der Waals surface area contributed by atoms with Crippen molar-refractivity contribution in [2.45, 2.75) is 34.6 Å². The standard InChI is InChI=1S/C9H11NO3.C8H8O.C8H10.C2H6/c1-11-7-3-4-8(13-6-10)9(5-7)12-2;1-7-2-4-8(6-9)5-3-7;1-7-3-5-8(2)6-4-7;1-2/h3-6,10H,1-2H3;2-6H,1H3;3-6H,1-2H3;1-2H3. The summed E-state index contributed by atoms with van der Waals surface area (Å²) in [6.45, 7) is 10.2. The van der Waals surface area contributed by atoms with Gasteiger partial charge in [0, 0.05) is 11.6 Å². The fourth-order valence-corrected chi connectivity index (χ4v) is 2.22. The van der Waals surface area contributed by atoms with E-state index in [0.29, 0.717) is 17.2 Å². The van der Waals surface area contributed by atoms with Crippen LogP contribution in [0, 0.1) is 26.2 Å². The van der Waals surface area contributed by atoms with Gasteiger partial charge in [0.05, 0.1) is 14.2 Å². The van der Waals surface area contributed by atoms with E-state index in [0.717, 1.165) is 18.3 Å². The second kappa shape index (κ2) is 17.1. The zero-order valence-electron chi connectivity index (χ0n) is 20.1. The van der Waals surface area contributed by atoms with E-state index in [1.165, 1.54) is 23.8 Å². The molecule has 3 rings (SSSR count). The number of benzene rings is 3. The maximum atomic E-state index is 10.1. The Morgan fingerprint density at radius 3 is 1.53 bits per heavy atom. The molecule has 0 aromatic heterocycles. The lowest BCUT2D eigenvalue weighted by atomic mass is 10.2. The van der Waals surface area contributed by atoms with Crippen molar-refractivity contribution in [1.82, 2.24) is 0 Å². The molecule has 0 unspecified atom stereocenters. The number of nitrogens with one attached hydrogen (secondary N) is 1. The van der Waals surface area contributed by atoms with Gasteiger partial charge in [0.15, 0.2) is 17.9 Å². The number of rotatable bonds is 5. The van der Waals surface area contributed by atoms with E-state index in [4.69, 9.17) is 19.6 Å². The van der Waals surface area contributed by atoms with Gasteiger partial charge in [0.2, 0.25) is 0 Å². The normalized spacial score (nSPS) is 8.72. The molecule has 0 aliphatic rings. The summed E-state index contributed by atoms with van der Waals surface area (Å²) in [5.41, 5.74) is 4.58. The van der Waals surface area contributed by atoms with Crippen molar-refractivity contribution in [3.05, 3.63) is 89.0 Å². The molecule has 5 nitrogen and oxygen atoms in total. The molecule has 3 aromatic rings. The van der Waals surface area contributed by atoms with E-state index in [9.17, 15) is 4.79 Å².